The first-order valence-corrected chi connectivity index (χ1v) is 9.96. The van der Waals surface area contributed by atoms with Crippen molar-refractivity contribution < 1.29 is 9.59 Å². The van der Waals surface area contributed by atoms with Crippen molar-refractivity contribution in [1.29, 1.82) is 0 Å². The lowest BCUT2D eigenvalue weighted by atomic mass is 9.87. The lowest BCUT2D eigenvalue weighted by Gasteiger charge is -2.36. The molecule has 1 saturated heterocycles. The van der Waals surface area contributed by atoms with Gasteiger partial charge in [-0.1, -0.05) is 40.0 Å². The molecular formula is C19H36N4O2. The van der Waals surface area contributed by atoms with E-state index in [4.69, 9.17) is 5.73 Å². The zero-order chi connectivity index (χ0) is 18.4. The average molecular weight is 353 g/mol. The number of hydrogen-bond donors (Lipinski definition) is 2. The second-order valence-corrected chi connectivity index (χ2v) is 8.05. The Morgan fingerprint density at radius 2 is 1.88 bits per heavy atom. The number of hydrogen-bond acceptors (Lipinski definition) is 4. The summed E-state index contributed by atoms with van der Waals surface area (Å²) in [4.78, 5) is 28.7. The molecule has 1 aliphatic heterocycles. The van der Waals surface area contributed by atoms with Gasteiger partial charge in [-0.2, -0.15) is 0 Å². The molecule has 2 amide bonds. The number of amides is 2. The van der Waals surface area contributed by atoms with Crippen LogP contribution in [0.5, 0.6) is 0 Å². The summed E-state index contributed by atoms with van der Waals surface area (Å²) >= 11 is 0. The van der Waals surface area contributed by atoms with Gasteiger partial charge in [0.2, 0.25) is 11.8 Å². The minimum absolute atomic E-state index is 0.0506. The number of nitrogens with one attached hydrogen (secondary N) is 1. The molecule has 0 aromatic heterocycles. The number of piperazine rings is 1. The molecule has 0 bridgehead atoms. The van der Waals surface area contributed by atoms with Crippen molar-refractivity contribution in [3.8, 4) is 0 Å². The highest BCUT2D eigenvalue weighted by Gasteiger charge is 2.28. The smallest absolute Gasteiger partial charge is 0.239 e. The fourth-order valence-electron chi connectivity index (χ4n) is 3.88. The Labute approximate surface area is 152 Å². The third-order valence-corrected chi connectivity index (χ3v) is 5.89. The highest BCUT2D eigenvalue weighted by Crippen LogP contribution is 2.23. The summed E-state index contributed by atoms with van der Waals surface area (Å²) in [6.45, 7) is 9.59. The standard InChI is InChI=1S/C19H36N4O2/c1-4-15(3)18(20)19(25)23-10-8-22(9-11-23)13-17(24)21-16-7-5-6-14(2)12-16/h14-16,18H,4-13,20H2,1-3H3,(H,21,24). The van der Waals surface area contributed by atoms with Crippen molar-refractivity contribution in [3.05, 3.63) is 0 Å². The van der Waals surface area contributed by atoms with Gasteiger partial charge < -0.3 is 16.0 Å². The van der Waals surface area contributed by atoms with E-state index in [0.717, 1.165) is 32.4 Å². The van der Waals surface area contributed by atoms with Gasteiger partial charge in [-0.3, -0.25) is 14.5 Å². The van der Waals surface area contributed by atoms with E-state index in [1.807, 2.05) is 11.8 Å². The number of nitrogens with two attached hydrogens (primary N) is 1. The first-order chi connectivity index (χ1) is 11.9. The van der Waals surface area contributed by atoms with E-state index >= 15 is 0 Å². The second-order valence-electron chi connectivity index (χ2n) is 8.05. The van der Waals surface area contributed by atoms with Gasteiger partial charge in [0.25, 0.3) is 0 Å². The summed E-state index contributed by atoms with van der Waals surface area (Å²) in [5, 5.41) is 3.19. The van der Waals surface area contributed by atoms with Crippen molar-refractivity contribution in [1.82, 2.24) is 15.1 Å². The second kappa shape index (κ2) is 9.53. The maximum Gasteiger partial charge on any atom is 0.239 e. The van der Waals surface area contributed by atoms with Gasteiger partial charge in [0.15, 0.2) is 0 Å². The SMILES string of the molecule is CCC(C)C(N)C(=O)N1CCN(CC(=O)NC2CCCC(C)C2)CC1. The number of nitrogens with zero attached hydrogens (tertiary/aromatic N) is 2. The van der Waals surface area contributed by atoms with Crippen molar-refractivity contribution in [2.45, 2.75) is 65.0 Å². The Morgan fingerprint density at radius 3 is 2.48 bits per heavy atom. The van der Waals surface area contributed by atoms with Gasteiger partial charge in [0, 0.05) is 32.2 Å². The Bertz CT molecular complexity index is 449. The average Bonchev–Trinajstić information content (AvgIpc) is 2.60. The summed E-state index contributed by atoms with van der Waals surface area (Å²) in [7, 11) is 0. The molecule has 2 fully saturated rings. The van der Waals surface area contributed by atoms with Gasteiger partial charge >= 0.3 is 0 Å². The minimum Gasteiger partial charge on any atom is -0.352 e. The highest BCUT2D eigenvalue weighted by molar-refractivity contribution is 5.82. The molecular weight excluding hydrogens is 316 g/mol. The molecule has 4 unspecified atom stereocenters. The van der Waals surface area contributed by atoms with Crippen LogP contribution in [0.3, 0.4) is 0 Å². The Kier molecular flexibility index (Phi) is 7.69. The van der Waals surface area contributed by atoms with Gasteiger partial charge in [0.05, 0.1) is 12.6 Å². The van der Waals surface area contributed by atoms with Crippen LogP contribution >= 0.6 is 0 Å². The van der Waals surface area contributed by atoms with Crippen molar-refractivity contribution in [2.75, 3.05) is 32.7 Å². The molecule has 25 heavy (non-hydrogen) atoms. The lowest BCUT2D eigenvalue weighted by Crippen LogP contribution is -2.56. The lowest BCUT2D eigenvalue weighted by molar-refractivity contribution is -0.135. The monoisotopic (exact) mass is 352 g/mol. The third kappa shape index (κ3) is 5.96. The summed E-state index contributed by atoms with van der Waals surface area (Å²) in [6.07, 6.45) is 5.60. The highest BCUT2D eigenvalue weighted by atomic mass is 16.2. The summed E-state index contributed by atoms with van der Waals surface area (Å²) in [6, 6.07) is -0.0687. The third-order valence-electron chi connectivity index (χ3n) is 5.89. The van der Waals surface area contributed by atoms with Gasteiger partial charge in [-0.25, -0.2) is 0 Å². The van der Waals surface area contributed by atoms with Crippen LogP contribution in [0.15, 0.2) is 0 Å². The van der Waals surface area contributed by atoms with Crippen LogP contribution in [-0.4, -0.2) is 66.4 Å². The van der Waals surface area contributed by atoms with Crippen LogP contribution in [0, 0.1) is 11.8 Å². The molecule has 2 aliphatic rings. The molecule has 0 aromatic carbocycles. The van der Waals surface area contributed by atoms with E-state index in [0.29, 0.717) is 31.6 Å². The zero-order valence-corrected chi connectivity index (χ0v) is 16.2. The summed E-state index contributed by atoms with van der Waals surface area (Å²) < 4.78 is 0. The van der Waals surface area contributed by atoms with E-state index in [1.54, 1.807) is 0 Å². The molecule has 0 aromatic rings. The van der Waals surface area contributed by atoms with Gasteiger partial charge in [0.1, 0.15) is 0 Å². The molecule has 0 radical (unpaired) electrons. The minimum atomic E-state index is -0.409. The fourth-order valence-corrected chi connectivity index (χ4v) is 3.88. The first kappa shape index (κ1) is 20.2. The Morgan fingerprint density at radius 1 is 1.20 bits per heavy atom. The maximum absolute atomic E-state index is 12.4. The van der Waals surface area contributed by atoms with Gasteiger partial charge in [-0.05, 0) is 24.7 Å². The molecule has 6 nitrogen and oxygen atoms in total. The van der Waals surface area contributed by atoms with Crippen LogP contribution in [0.2, 0.25) is 0 Å². The zero-order valence-electron chi connectivity index (χ0n) is 16.2. The van der Waals surface area contributed by atoms with Crippen molar-refractivity contribution >= 4 is 11.8 Å². The van der Waals surface area contributed by atoms with E-state index in [1.165, 1.54) is 12.8 Å². The first-order valence-electron chi connectivity index (χ1n) is 9.96. The molecule has 144 valence electrons. The molecule has 3 N–H and O–H groups in total. The van der Waals surface area contributed by atoms with E-state index in [-0.39, 0.29) is 17.7 Å². The van der Waals surface area contributed by atoms with Crippen LogP contribution < -0.4 is 11.1 Å². The summed E-state index contributed by atoms with van der Waals surface area (Å²) in [5.74, 6) is 1.09. The van der Waals surface area contributed by atoms with Crippen LogP contribution in [0.4, 0.5) is 0 Å². The van der Waals surface area contributed by atoms with Gasteiger partial charge in [-0.15, -0.1) is 0 Å². The molecule has 0 spiro atoms. The molecule has 1 saturated carbocycles. The molecule has 6 heteroatoms. The van der Waals surface area contributed by atoms with E-state index in [9.17, 15) is 9.59 Å². The number of rotatable bonds is 6. The molecule has 1 aliphatic carbocycles. The Balaban J connectivity index is 1.71. The fraction of sp³-hybridized carbons (Fsp3) is 0.895. The summed E-state index contributed by atoms with van der Waals surface area (Å²) in [5.41, 5.74) is 6.06. The molecule has 1 heterocycles. The molecule has 4 atom stereocenters. The topological polar surface area (TPSA) is 78.7 Å². The number of carbonyl (C=O) groups is 2. The quantitative estimate of drug-likeness (QED) is 0.753. The van der Waals surface area contributed by atoms with Crippen molar-refractivity contribution in [3.63, 3.8) is 0 Å². The van der Waals surface area contributed by atoms with Crippen LogP contribution in [0.25, 0.3) is 0 Å². The normalized spacial score (nSPS) is 27.6. The maximum atomic E-state index is 12.4. The predicted molar refractivity (Wildman–Crippen MR) is 100 cm³/mol. The Hall–Kier alpha value is -1.14. The molecule has 2 rings (SSSR count). The van der Waals surface area contributed by atoms with Crippen LogP contribution in [-0.2, 0) is 9.59 Å². The van der Waals surface area contributed by atoms with E-state index in [2.05, 4.69) is 24.1 Å². The predicted octanol–water partition coefficient (Wildman–Crippen LogP) is 1.20. The van der Waals surface area contributed by atoms with Crippen LogP contribution in [0.1, 0.15) is 52.9 Å². The van der Waals surface area contributed by atoms with E-state index < -0.39 is 6.04 Å². The van der Waals surface area contributed by atoms with Crippen molar-refractivity contribution in [2.24, 2.45) is 17.6 Å². The number of carbonyl (C=O) groups excluding carboxylic acids is 2. The largest absolute Gasteiger partial charge is 0.352 e.